The zero-order valence-corrected chi connectivity index (χ0v) is 23.2. The van der Waals surface area contributed by atoms with Crippen LogP contribution < -0.4 is 26.0 Å². The van der Waals surface area contributed by atoms with Crippen LogP contribution in [0.15, 0.2) is 35.0 Å². The van der Waals surface area contributed by atoms with Crippen molar-refractivity contribution in [1.82, 2.24) is 5.32 Å². The monoisotopic (exact) mass is 552 g/mol. The van der Waals surface area contributed by atoms with Crippen molar-refractivity contribution in [2.45, 2.75) is 71.0 Å². The van der Waals surface area contributed by atoms with Crippen molar-refractivity contribution >= 4 is 52.2 Å². The van der Waals surface area contributed by atoms with Gasteiger partial charge in [0, 0.05) is 31.2 Å². The number of carbonyl (C=O) groups excluding carboxylic acids is 4. The SMILES string of the molecule is CC(C)C(CC(=O)NC1Cc2cccc(N3C(=O)CCC3=O)c2N(Cc2ccsc2)C1=O)CC(C)(N)C(=N)[O-]. The van der Waals surface area contributed by atoms with Gasteiger partial charge in [0.15, 0.2) is 0 Å². The molecule has 1 aromatic heterocycles. The molecule has 2 aromatic rings. The highest BCUT2D eigenvalue weighted by atomic mass is 32.1. The van der Waals surface area contributed by atoms with Crippen LogP contribution in [0.3, 0.4) is 0 Å². The van der Waals surface area contributed by atoms with Crippen LogP contribution in [0.2, 0.25) is 0 Å². The predicted molar refractivity (Wildman–Crippen MR) is 147 cm³/mol. The Kier molecular flexibility index (Phi) is 8.22. The van der Waals surface area contributed by atoms with Gasteiger partial charge >= 0.3 is 0 Å². The highest BCUT2D eigenvalue weighted by Crippen LogP contribution is 2.40. The van der Waals surface area contributed by atoms with Crippen molar-refractivity contribution < 1.29 is 24.3 Å². The molecule has 2 aliphatic rings. The third kappa shape index (κ3) is 6.04. The topological polar surface area (TPSA) is 160 Å². The van der Waals surface area contributed by atoms with Gasteiger partial charge in [-0.05, 0) is 65.1 Å². The van der Waals surface area contributed by atoms with Gasteiger partial charge in [0.1, 0.15) is 6.04 Å². The summed E-state index contributed by atoms with van der Waals surface area (Å²) in [5, 5.41) is 25.8. The number of amides is 4. The first kappa shape index (κ1) is 28.4. The average molecular weight is 553 g/mol. The van der Waals surface area contributed by atoms with E-state index in [9.17, 15) is 24.3 Å². The molecule has 0 radical (unpaired) electrons. The fourth-order valence-corrected chi connectivity index (χ4v) is 5.85. The number of nitrogens with two attached hydrogens (primary N) is 1. The third-order valence-electron chi connectivity index (χ3n) is 7.50. The Morgan fingerprint density at radius 2 is 1.92 bits per heavy atom. The van der Waals surface area contributed by atoms with Gasteiger partial charge in [-0.15, -0.1) is 0 Å². The molecule has 1 aromatic carbocycles. The van der Waals surface area contributed by atoms with E-state index < -0.39 is 17.5 Å². The van der Waals surface area contributed by atoms with Crippen LogP contribution in [0, 0.1) is 17.2 Å². The second-order valence-corrected chi connectivity index (χ2v) is 11.7. The average Bonchev–Trinajstić information content (AvgIpc) is 3.49. The van der Waals surface area contributed by atoms with Gasteiger partial charge in [0.25, 0.3) is 0 Å². The molecule has 1 saturated heterocycles. The third-order valence-corrected chi connectivity index (χ3v) is 8.23. The number of rotatable bonds is 10. The zero-order valence-electron chi connectivity index (χ0n) is 22.4. The van der Waals surface area contributed by atoms with Gasteiger partial charge in [0.05, 0.1) is 17.9 Å². The normalized spacial score (nSPS) is 19.7. The second kappa shape index (κ2) is 11.3. The lowest BCUT2D eigenvalue weighted by molar-refractivity contribution is -0.227. The van der Waals surface area contributed by atoms with Crippen LogP contribution in [0.4, 0.5) is 11.4 Å². The highest BCUT2D eigenvalue weighted by molar-refractivity contribution is 7.07. The molecule has 10 nitrogen and oxygen atoms in total. The van der Waals surface area contributed by atoms with E-state index in [0.717, 1.165) is 16.0 Å². The number of nitrogens with zero attached hydrogens (tertiary/aromatic N) is 2. The lowest BCUT2D eigenvalue weighted by atomic mass is 9.81. The largest absolute Gasteiger partial charge is 0.861 e. The minimum absolute atomic E-state index is 0.0222. The minimum Gasteiger partial charge on any atom is -0.861 e. The molecule has 3 atom stereocenters. The quantitative estimate of drug-likeness (QED) is 0.232. The molecular weight excluding hydrogens is 518 g/mol. The summed E-state index contributed by atoms with van der Waals surface area (Å²) in [4.78, 5) is 54.9. The maximum atomic E-state index is 13.9. The molecule has 4 rings (SSSR count). The second-order valence-electron chi connectivity index (χ2n) is 10.9. The molecule has 11 heteroatoms. The summed E-state index contributed by atoms with van der Waals surface area (Å²) in [5.41, 5.74) is 7.18. The molecule has 39 heavy (non-hydrogen) atoms. The number of hydrogen-bond donors (Lipinski definition) is 3. The molecule has 4 N–H and O–H groups in total. The molecule has 2 aliphatic heterocycles. The Balaban J connectivity index is 1.62. The molecule has 0 spiro atoms. The van der Waals surface area contributed by atoms with E-state index >= 15 is 0 Å². The Hall–Kier alpha value is -3.57. The van der Waals surface area contributed by atoms with Gasteiger partial charge < -0.3 is 26.5 Å². The van der Waals surface area contributed by atoms with Crippen LogP contribution in [0.25, 0.3) is 0 Å². The number of para-hydroxylation sites is 1. The summed E-state index contributed by atoms with van der Waals surface area (Å²) in [6.07, 6.45) is 0.689. The molecule has 0 bridgehead atoms. The van der Waals surface area contributed by atoms with Crippen molar-refractivity contribution in [1.29, 1.82) is 5.41 Å². The van der Waals surface area contributed by atoms with Gasteiger partial charge in [-0.2, -0.15) is 11.3 Å². The van der Waals surface area contributed by atoms with E-state index in [-0.39, 0.29) is 74.1 Å². The molecule has 3 heterocycles. The van der Waals surface area contributed by atoms with E-state index in [1.165, 1.54) is 18.3 Å². The van der Waals surface area contributed by atoms with E-state index in [0.29, 0.717) is 11.4 Å². The first-order valence-corrected chi connectivity index (χ1v) is 14.0. The Morgan fingerprint density at radius 3 is 2.51 bits per heavy atom. The summed E-state index contributed by atoms with van der Waals surface area (Å²) >= 11 is 1.49. The van der Waals surface area contributed by atoms with Crippen LogP contribution in [0.5, 0.6) is 0 Å². The summed E-state index contributed by atoms with van der Waals surface area (Å²) < 4.78 is 0. The van der Waals surface area contributed by atoms with Gasteiger partial charge in [0.2, 0.25) is 23.6 Å². The first-order valence-electron chi connectivity index (χ1n) is 13.0. The number of thiophene rings is 1. The highest BCUT2D eigenvalue weighted by Gasteiger charge is 2.40. The molecule has 0 aliphatic carbocycles. The summed E-state index contributed by atoms with van der Waals surface area (Å²) in [6, 6.07) is 6.32. The number of hydrogen-bond acceptors (Lipinski definition) is 8. The maximum absolute atomic E-state index is 13.9. The van der Waals surface area contributed by atoms with Gasteiger partial charge in [-0.25, -0.2) is 4.90 Å². The smallest absolute Gasteiger partial charge is 0.250 e. The van der Waals surface area contributed by atoms with Crippen molar-refractivity contribution in [3.05, 3.63) is 46.2 Å². The maximum Gasteiger partial charge on any atom is 0.250 e. The first-order chi connectivity index (χ1) is 18.4. The van der Waals surface area contributed by atoms with Crippen molar-refractivity contribution in [3.8, 4) is 0 Å². The summed E-state index contributed by atoms with van der Waals surface area (Å²) in [5.74, 6) is -2.41. The minimum atomic E-state index is -1.37. The Labute approximate surface area is 231 Å². The van der Waals surface area contributed by atoms with Crippen LogP contribution in [-0.2, 0) is 32.1 Å². The van der Waals surface area contributed by atoms with Crippen LogP contribution in [-0.4, -0.2) is 41.1 Å². The van der Waals surface area contributed by atoms with Crippen molar-refractivity contribution in [3.63, 3.8) is 0 Å². The Bertz CT molecular complexity index is 1270. The number of imide groups is 1. The van der Waals surface area contributed by atoms with Gasteiger partial charge in [-0.1, -0.05) is 26.0 Å². The number of nitrogens with one attached hydrogen (secondary N) is 2. The molecular formula is C28H34N5O5S-. The standard InChI is InChI=1S/C28H35N5O5S/c1-16(2)19(13-28(3,30)27(29)38)12-22(34)31-20-11-18-5-4-6-21(33-23(35)7-8-24(33)36)25(18)32(26(20)37)14-17-9-10-39-15-17/h4-6,9-10,15-16,19-20H,7-8,11-14,30H2,1-3H3,(H2,29,38)(H,31,34)/p-1. The van der Waals surface area contributed by atoms with Crippen molar-refractivity contribution in [2.24, 2.45) is 17.6 Å². The number of fused-ring (bicyclic) bond motifs is 1. The lowest BCUT2D eigenvalue weighted by Gasteiger charge is -2.37. The molecule has 4 amide bonds. The van der Waals surface area contributed by atoms with Crippen molar-refractivity contribution in [2.75, 3.05) is 9.80 Å². The Morgan fingerprint density at radius 1 is 1.23 bits per heavy atom. The molecule has 0 saturated carbocycles. The number of benzene rings is 1. The van der Waals surface area contributed by atoms with Crippen LogP contribution in [0.1, 0.15) is 57.6 Å². The summed E-state index contributed by atoms with van der Waals surface area (Å²) in [7, 11) is 0. The molecule has 208 valence electrons. The number of anilines is 2. The molecule has 1 fully saturated rings. The fraction of sp³-hybridized carbons (Fsp3) is 0.464. The summed E-state index contributed by atoms with van der Waals surface area (Å²) in [6.45, 7) is 5.57. The van der Waals surface area contributed by atoms with Gasteiger partial charge in [-0.3, -0.25) is 19.2 Å². The fourth-order valence-electron chi connectivity index (χ4n) is 5.19. The lowest BCUT2D eigenvalue weighted by Crippen LogP contribution is -2.54. The zero-order chi connectivity index (χ0) is 28.5. The molecule has 3 unspecified atom stereocenters. The van der Waals surface area contributed by atoms with E-state index in [1.54, 1.807) is 17.0 Å². The van der Waals surface area contributed by atoms with Crippen LogP contribution >= 0.6 is 11.3 Å². The van der Waals surface area contributed by atoms with E-state index in [1.807, 2.05) is 36.7 Å². The van der Waals surface area contributed by atoms with E-state index in [4.69, 9.17) is 11.1 Å². The predicted octanol–water partition coefficient (Wildman–Crippen LogP) is 2.08. The number of carbonyl (C=O) groups is 4. The van der Waals surface area contributed by atoms with E-state index in [2.05, 4.69) is 5.32 Å².